The molecule has 3 nitrogen and oxygen atoms in total. The number of ether oxygens (including phenoxy) is 1. The highest BCUT2D eigenvalue weighted by Gasteiger charge is 2.33. The molecule has 0 aliphatic carbocycles. The molecule has 1 aromatic rings. The van der Waals surface area contributed by atoms with Crippen LogP contribution in [0.3, 0.4) is 0 Å². The van der Waals surface area contributed by atoms with Crippen LogP contribution in [0, 0.1) is 0 Å². The highest BCUT2D eigenvalue weighted by molar-refractivity contribution is 6.31. The second-order valence-corrected chi connectivity index (χ2v) is 4.17. The molecule has 102 valence electrons. The van der Waals surface area contributed by atoms with Gasteiger partial charge in [-0.2, -0.15) is 13.2 Å². The van der Waals surface area contributed by atoms with Crippen LogP contribution in [-0.4, -0.2) is 18.6 Å². The third-order valence-corrected chi connectivity index (χ3v) is 2.89. The van der Waals surface area contributed by atoms with E-state index < -0.39 is 11.9 Å². The van der Waals surface area contributed by atoms with Crippen LogP contribution in [0.5, 0.6) is 0 Å². The number of hydrogen-bond donors (Lipinski definition) is 0. The first-order valence-corrected chi connectivity index (χ1v) is 5.72. The first-order valence-electron chi connectivity index (χ1n) is 5.34. The second-order valence-electron chi connectivity index (χ2n) is 3.79. The molecule has 0 spiro atoms. The Kier molecular flexibility index (Phi) is 3.71. The van der Waals surface area contributed by atoms with Gasteiger partial charge in [0, 0.05) is 24.5 Å². The summed E-state index contributed by atoms with van der Waals surface area (Å²) in [6.07, 6.45) is -0.105. The van der Waals surface area contributed by atoms with Crippen LogP contribution in [-0.2, 0) is 10.9 Å². The van der Waals surface area contributed by atoms with E-state index in [1.165, 1.54) is 18.1 Å². The highest BCUT2D eigenvalue weighted by atomic mass is 35.5. The average molecular weight is 291 g/mol. The van der Waals surface area contributed by atoms with Crippen LogP contribution in [0.15, 0.2) is 41.4 Å². The molecule has 7 heteroatoms. The summed E-state index contributed by atoms with van der Waals surface area (Å²) in [6, 6.07) is 2.43. The second kappa shape index (κ2) is 5.13. The fraction of sp³-hybridized carbons (Fsp3) is 0.250. The van der Waals surface area contributed by atoms with Gasteiger partial charge in [0.25, 0.3) is 0 Å². The van der Waals surface area contributed by atoms with Gasteiger partial charge in [0.05, 0.1) is 7.11 Å². The Morgan fingerprint density at radius 1 is 1.42 bits per heavy atom. The summed E-state index contributed by atoms with van der Waals surface area (Å²) in [5.74, 6) is 0.575. The third kappa shape index (κ3) is 3.01. The lowest BCUT2D eigenvalue weighted by Gasteiger charge is -2.26. The number of methoxy groups -OCH3 is 1. The Hall–Kier alpha value is -1.69. The Labute approximate surface area is 112 Å². The number of nitrogens with zero attached hydrogens (tertiary/aromatic N) is 2. The van der Waals surface area contributed by atoms with Gasteiger partial charge >= 0.3 is 6.18 Å². The van der Waals surface area contributed by atoms with Crippen molar-refractivity contribution in [2.45, 2.75) is 6.18 Å². The molecule has 2 heterocycles. The van der Waals surface area contributed by atoms with Gasteiger partial charge in [0.2, 0.25) is 0 Å². The normalized spacial score (nSPS) is 15.9. The van der Waals surface area contributed by atoms with Gasteiger partial charge < -0.3 is 9.64 Å². The molecule has 1 aliphatic rings. The van der Waals surface area contributed by atoms with Crippen molar-refractivity contribution in [2.24, 2.45) is 0 Å². The van der Waals surface area contributed by atoms with Gasteiger partial charge in [0.1, 0.15) is 16.6 Å². The summed E-state index contributed by atoms with van der Waals surface area (Å²) in [7, 11) is 1.50. The minimum atomic E-state index is -4.48. The first kappa shape index (κ1) is 13.7. The predicted octanol–water partition coefficient (Wildman–Crippen LogP) is 3.53. The number of rotatable bonds is 2. The van der Waals surface area contributed by atoms with Gasteiger partial charge in [-0.1, -0.05) is 11.6 Å². The standard InChI is InChI=1S/C12H10ClF3N2O/c1-19-9-3-5-18(11(13)7-9)8-2-4-17-10(6-8)12(14,15)16/h2-4,6-7H,5H2,1H3. The zero-order valence-electron chi connectivity index (χ0n) is 9.91. The fourth-order valence-electron chi connectivity index (χ4n) is 1.64. The number of halogens is 4. The zero-order valence-corrected chi connectivity index (χ0v) is 10.7. The Morgan fingerprint density at radius 3 is 2.74 bits per heavy atom. The number of pyridine rings is 1. The highest BCUT2D eigenvalue weighted by Crippen LogP contribution is 2.32. The lowest BCUT2D eigenvalue weighted by atomic mass is 10.2. The van der Waals surface area contributed by atoms with E-state index in [0.29, 0.717) is 23.1 Å². The van der Waals surface area contributed by atoms with Crippen LogP contribution in [0.2, 0.25) is 0 Å². The smallest absolute Gasteiger partial charge is 0.433 e. The summed E-state index contributed by atoms with van der Waals surface area (Å²) >= 11 is 6.02. The lowest BCUT2D eigenvalue weighted by Crippen LogP contribution is -2.23. The van der Waals surface area contributed by atoms with Crippen molar-refractivity contribution in [3.8, 4) is 0 Å². The SMILES string of the molecule is COC1=CCN(c2ccnc(C(F)(F)F)c2)C(Cl)=C1. The molecular weight excluding hydrogens is 281 g/mol. The number of anilines is 1. The number of aromatic nitrogens is 1. The third-order valence-electron chi connectivity index (χ3n) is 2.58. The minimum absolute atomic E-state index is 0.290. The van der Waals surface area contributed by atoms with Crippen LogP contribution in [0.1, 0.15) is 5.69 Å². The first-order chi connectivity index (χ1) is 8.91. The van der Waals surface area contributed by atoms with Crippen molar-refractivity contribution in [1.29, 1.82) is 0 Å². The monoisotopic (exact) mass is 290 g/mol. The molecule has 0 unspecified atom stereocenters. The fourth-order valence-corrected chi connectivity index (χ4v) is 1.91. The Balaban J connectivity index is 2.30. The van der Waals surface area contributed by atoms with Crippen LogP contribution >= 0.6 is 11.6 Å². The van der Waals surface area contributed by atoms with E-state index in [9.17, 15) is 13.2 Å². The average Bonchev–Trinajstić information content (AvgIpc) is 2.37. The molecule has 19 heavy (non-hydrogen) atoms. The summed E-state index contributed by atoms with van der Waals surface area (Å²) in [5.41, 5.74) is -0.619. The zero-order chi connectivity index (χ0) is 14.0. The molecule has 1 aromatic heterocycles. The van der Waals surface area contributed by atoms with Gasteiger partial charge in [-0.3, -0.25) is 4.98 Å². The van der Waals surface area contributed by atoms with Crippen molar-refractivity contribution in [3.63, 3.8) is 0 Å². The summed E-state index contributed by atoms with van der Waals surface area (Å²) in [6.45, 7) is 0.333. The molecule has 0 saturated heterocycles. The quantitative estimate of drug-likeness (QED) is 0.779. The minimum Gasteiger partial charge on any atom is -0.497 e. The van der Waals surface area contributed by atoms with E-state index in [0.717, 1.165) is 12.3 Å². The van der Waals surface area contributed by atoms with E-state index in [1.54, 1.807) is 12.2 Å². The van der Waals surface area contributed by atoms with Crippen molar-refractivity contribution in [3.05, 3.63) is 47.1 Å². The maximum atomic E-state index is 12.6. The van der Waals surface area contributed by atoms with E-state index in [1.807, 2.05) is 0 Å². The molecule has 0 fully saturated rings. The van der Waals surface area contributed by atoms with Crippen molar-refractivity contribution in [2.75, 3.05) is 18.6 Å². The van der Waals surface area contributed by atoms with Gasteiger partial charge in [-0.25, -0.2) is 0 Å². The van der Waals surface area contributed by atoms with Crippen molar-refractivity contribution >= 4 is 17.3 Å². The molecule has 0 bridgehead atoms. The van der Waals surface area contributed by atoms with Crippen LogP contribution < -0.4 is 4.90 Å². The largest absolute Gasteiger partial charge is 0.497 e. The predicted molar refractivity (Wildman–Crippen MR) is 65.6 cm³/mol. The Bertz CT molecular complexity index is 540. The summed E-state index contributed by atoms with van der Waals surface area (Å²) < 4.78 is 42.8. The topological polar surface area (TPSA) is 25.4 Å². The number of allylic oxidation sites excluding steroid dienone is 1. The molecule has 2 rings (SSSR count). The van der Waals surface area contributed by atoms with Gasteiger partial charge in [-0.15, -0.1) is 0 Å². The molecule has 1 aliphatic heterocycles. The van der Waals surface area contributed by atoms with Gasteiger partial charge in [0.15, 0.2) is 0 Å². The summed E-state index contributed by atoms with van der Waals surface area (Å²) in [5, 5.41) is 0.290. The van der Waals surface area contributed by atoms with E-state index in [4.69, 9.17) is 16.3 Å². The molecule has 0 N–H and O–H groups in total. The Morgan fingerprint density at radius 2 is 2.16 bits per heavy atom. The maximum Gasteiger partial charge on any atom is 0.433 e. The van der Waals surface area contributed by atoms with Crippen molar-refractivity contribution in [1.82, 2.24) is 4.98 Å². The molecule has 0 amide bonds. The number of hydrogen-bond acceptors (Lipinski definition) is 3. The maximum absolute atomic E-state index is 12.6. The molecule has 0 saturated carbocycles. The molecule has 0 aromatic carbocycles. The van der Waals surface area contributed by atoms with E-state index in [-0.39, 0.29) is 0 Å². The van der Waals surface area contributed by atoms with E-state index >= 15 is 0 Å². The molecular formula is C12H10ClF3N2O. The van der Waals surface area contributed by atoms with Crippen LogP contribution in [0.4, 0.5) is 18.9 Å². The molecule has 0 radical (unpaired) electrons. The number of alkyl halides is 3. The van der Waals surface area contributed by atoms with E-state index in [2.05, 4.69) is 4.98 Å². The van der Waals surface area contributed by atoms with Crippen molar-refractivity contribution < 1.29 is 17.9 Å². The molecule has 0 atom stereocenters. The summed E-state index contributed by atoms with van der Waals surface area (Å²) in [4.78, 5) is 4.84. The van der Waals surface area contributed by atoms with Gasteiger partial charge in [-0.05, 0) is 18.2 Å². The lowest BCUT2D eigenvalue weighted by molar-refractivity contribution is -0.141. The van der Waals surface area contributed by atoms with Crippen LogP contribution in [0.25, 0.3) is 0 Å².